The van der Waals surface area contributed by atoms with Crippen LogP contribution in [0.2, 0.25) is 0 Å². The minimum absolute atomic E-state index is 0.0833. The Morgan fingerprint density at radius 2 is 2.40 bits per heavy atom. The summed E-state index contributed by atoms with van der Waals surface area (Å²) in [5.74, 6) is 0. The van der Waals surface area contributed by atoms with Crippen LogP contribution in [0.4, 0.5) is 0 Å². The van der Waals surface area contributed by atoms with Gasteiger partial charge in [-0.25, -0.2) is 0 Å². The number of aliphatic hydroxyl groups excluding tert-OH is 1. The van der Waals surface area contributed by atoms with Crippen LogP contribution in [0.1, 0.15) is 0 Å². The Morgan fingerprint density at radius 1 is 1.80 bits per heavy atom. The summed E-state index contributed by atoms with van der Waals surface area (Å²) < 4.78 is 3.23. The molecule has 0 aromatic heterocycles. The quantitative estimate of drug-likeness (QED) is 0.496. The number of nitrogens with zero attached hydrogens (tertiary/aromatic N) is 1. The van der Waals surface area contributed by atoms with Gasteiger partial charge >= 0.3 is 37.6 Å². The van der Waals surface area contributed by atoms with Crippen molar-refractivity contribution in [2.75, 3.05) is 13.2 Å². The van der Waals surface area contributed by atoms with E-state index in [1.165, 1.54) is 0 Å². The molecule has 5 heavy (non-hydrogen) atoms. The predicted octanol–water partition coefficient (Wildman–Crippen LogP) is -0.291. The van der Waals surface area contributed by atoms with Crippen LogP contribution < -0.4 is 0 Å². The van der Waals surface area contributed by atoms with E-state index < -0.39 is 0 Å². The van der Waals surface area contributed by atoms with Crippen LogP contribution in [0.5, 0.6) is 0 Å². The Labute approximate surface area is 38.4 Å². The number of hydrogen-bond donors (Lipinski definition) is 1. The molecular formula is C2H5NNiO. The summed E-state index contributed by atoms with van der Waals surface area (Å²) >= 11 is 3.87. The van der Waals surface area contributed by atoms with Crippen LogP contribution in [-0.2, 0) is 15.3 Å². The molecule has 0 aromatic carbocycles. The molecule has 0 saturated heterocycles. The van der Waals surface area contributed by atoms with E-state index in [1.54, 1.807) is 0 Å². The molecule has 0 aromatic rings. The van der Waals surface area contributed by atoms with Crippen molar-refractivity contribution in [1.29, 1.82) is 0 Å². The molecule has 0 saturated carbocycles. The van der Waals surface area contributed by atoms with Crippen LogP contribution in [0, 0.1) is 0 Å². The Bertz CT molecular complexity index is 30.8. The molecule has 2 nitrogen and oxygen atoms in total. The summed E-state index contributed by atoms with van der Waals surface area (Å²) in [5, 5.41) is 7.91. The van der Waals surface area contributed by atoms with Gasteiger partial charge in [0.25, 0.3) is 0 Å². The van der Waals surface area contributed by atoms with Gasteiger partial charge in [-0.15, -0.1) is 0 Å². The molecule has 34 valence electrons. The normalized spacial score (nSPS) is 7.80. The van der Waals surface area contributed by atoms with Gasteiger partial charge in [-0.2, -0.15) is 0 Å². The maximum atomic E-state index is 7.91. The second-order valence-electron chi connectivity index (χ2n) is 0.547. The number of aliphatic hydroxyl groups is 1. The Kier molecular flexibility index (Phi) is 4.47. The molecule has 0 amide bonds. The average Bonchev–Trinajstić information content (AvgIpc) is 1.41. The second kappa shape index (κ2) is 4.25. The summed E-state index contributed by atoms with van der Waals surface area (Å²) in [6.45, 7) is 0.486. The third-order valence-corrected chi connectivity index (χ3v) is 0.392. The minimum atomic E-state index is 0.0833. The van der Waals surface area contributed by atoms with E-state index >= 15 is 0 Å². The van der Waals surface area contributed by atoms with E-state index in [2.05, 4.69) is 19.3 Å². The summed E-state index contributed by atoms with van der Waals surface area (Å²) in [6.07, 6.45) is 0. The predicted molar refractivity (Wildman–Crippen MR) is 14.4 cm³/mol. The Balaban J connectivity index is 2.40. The fourth-order valence-electron chi connectivity index (χ4n) is 0.0316. The second-order valence-corrected chi connectivity index (χ2v) is 0.860. The molecule has 0 rings (SSSR count). The summed E-state index contributed by atoms with van der Waals surface area (Å²) in [4.78, 5) is 0. The first-order chi connectivity index (χ1) is 2.41. The Morgan fingerprint density at radius 3 is 2.40 bits per heavy atom. The zero-order valence-corrected chi connectivity index (χ0v) is 3.61. The van der Waals surface area contributed by atoms with Crippen LogP contribution >= 0.6 is 0 Å². The van der Waals surface area contributed by atoms with E-state index in [1.807, 2.05) is 0 Å². The zero-order valence-electron chi connectivity index (χ0n) is 2.62. The van der Waals surface area contributed by atoms with Crippen molar-refractivity contribution >= 4 is 0 Å². The molecule has 1 N–H and O–H groups in total. The van der Waals surface area contributed by atoms with E-state index in [0.29, 0.717) is 6.54 Å². The average molecular weight is 118 g/mol. The van der Waals surface area contributed by atoms with Gasteiger partial charge in [0.05, 0.1) is 0 Å². The van der Waals surface area contributed by atoms with Crippen LogP contribution in [0.25, 0.3) is 0 Å². The van der Waals surface area contributed by atoms with E-state index in [-0.39, 0.29) is 6.61 Å². The van der Waals surface area contributed by atoms with Gasteiger partial charge in [-0.05, 0) is 0 Å². The molecule has 0 aliphatic heterocycles. The molecule has 3 heteroatoms. The SMILES string of the molecule is OCC[N]=[Ni]. The first-order valence-corrected chi connectivity index (χ1v) is 1.72. The third-order valence-electron chi connectivity index (χ3n) is 0.171. The van der Waals surface area contributed by atoms with E-state index in [4.69, 9.17) is 5.11 Å². The van der Waals surface area contributed by atoms with Crippen molar-refractivity contribution in [2.24, 2.45) is 4.03 Å². The van der Waals surface area contributed by atoms with Crippen molar-refractivity contribution in [3.63, 3.8) is 0 Å². The molecule has 0 fully saturated rings. The summed E-state index contributed by atoms with van der Waals surface area (Å²) in [5.41, 5.74) is 0. The van der Waals surface area contributed by atoms with Crippen molar-refractivity contribution < 1.29 is 20.4 Å². The standard InChI is InChI=1S/C2H5NO.Ni/c3-1-2-4;/h4H,1-2H2;. The van der Waals surface area contributed by atoms with Gasteiger partial charge in [0.15, 0.2) is 0 Å². The fourth-order valence-corrected chi connectivity index (χ4v) is 0.130. The van der Waals surface area contributed by atoms with Gasteiger partial charge in [0, 0.05) is 0 Å². The molecule has 0 atom stereocenters. The van der Waals surface area contributed by atoms with Crippen LogP contribution in [-0.4, -0.2) is 18.3 Å². The van der Waals surface area contributed by atoms with E-state index in [9.17, 15) is 0 Å². The van der Waals surface area contributed by atoms with Crippen LogP contribution in [0.15, 0.2) is 4.03 Å². The fraction of sp³-hybridized carbons (Fsp3) is 1.00. The molecule has 0 bridgehead atoms. The van der Waals surface area contributed by atoms with Gasteiger partial charge in [-0.3, -0.25) is 0 Å². The molecule has 0 aliphatic rings. The first-order valence-electron chi connectivity index (χ1n) is 1.27. The van der Waals surface area contributed by atoms with Gasteiger partial charge in [0.1, 0.15) is 0 Å². The molecular weight excluding hydrogens is 113 g/mol. The maximum absolute atomic E-state index is 7.91. The monoisotopic (exact) mass is 117 g/mol. The van der Waals surface area contributed by atoms with Gasteiger partial charge in [0.2, 0.25) is 0 Å². The van der Waals surface area contributed by atoms with Crippen molar-refractivity contribution in [3.05, 3.63) is 0 Å². The van der Waals surface area contributed by atoms with Crippen LogP contribution in [0.3, 0.4) is 0 Å². The molecule has 0 aliphatic carbocycles. The third kappa shape index (κ3) is 4.25. The molecule has 0 spiro atoms. The topological polar surface area (TPSA) is 32.6 Å². The molecule has 0 unspecified atom stereocenters. The van der Waals surface area contributed by atoms with Crippen molar-refractivity contribution in [3.8, 4) is 0 Å². The first kappa shape index (κ1) is 5.25. The van der Waals surface area contributed by atoms with E-state index in [0.717, 1.165) is 0 Å². The zero-order chi connectivity index (χ0) is 4.12. The Hall–Kier alpha value is 0.254. The molecule has 0 radical (unpaired) electrons. The molecule has 0 heterocycles. The number of rotatable bonds is 2. The summed E-state index contributed by atoms with van der Waals surface area (Å²) in [7, 11) is 0. The summed E-state index contributed by atoms with van der Waals surface area (Å²) in [6, 6.07) is 0. The van der Waals surface area contributed by atoms with Crippen molar-refractivity contribution in [1.82, 2.24) is 0 Å². The number of hydrogen-bond acceptors (Lipinski definition) is 2. The van der Waals surface area contributed by atoms with Gasteiger partial charge < -0.3 is 0 Å². The van der Waals surface area contributed by atoms with Gasteiger partial charge in [-0.1, -0.05) is 0 Å². The van der Waals surface area contributed by atoms with Crippen molar-refractivity contribution in [2.45, 2.75) is 0 Å².